The van der Waals surface area contributed by atoms with Crippen LogP contribution in [0.25, 0.3) is 0 Å². The minimum absolute atomic E-state index is 0.0703. The Morgan fingerprint density at radius 3 is 2.71 bits per heavy atom. The third-order valence-corrected chi connectivity index (χ3v) is 3.40. The number of non-ortho nitro benzene ring substituents is 1. The molecule has 24 heavy (non-hydrogen) atoms. The van der Waals surface area contributed by atoms with Crippen LogP contribution in [0.1, 0.15) is 15.9 Å². The number of carbonyl (C=O) groups is 2. The van der Waals surface area contributed by atoms with E-state index in [9.17, 15) is 19.7 Å². The van der Waals surface area contributed by atoms with Crippen LogP contribution in [-0.2, 0) is 9.53 Å². The molecule has 0 radical (unpaired) electrons. The number of halogens is 1. The number of nitro groups is 1. The van der Waals surface area contributed by atoms with E-state index < -0.39 is 23.4 Å². The van der Waals surface area contributed by atoms with Crippen LogP contribution in [0.5, 0.6) is 0 Å². The summed E-state index contributed by atoms with van der Waals surface area (Å²) in [5, 5.41) is 13.2. The number of nitrogens with one attached hydrogen (secondary N) is 1. The lowest BCUT2D eigenvalue weighted by molar-refractivity contribution is -0.384. The number of nitro benzene ring substituents is 1. The van der Waals surface area contributed by atoms with E-state index in [4.69, 9.17) is 4.74 Å². The number of hydrogen-bond acceptors (Lipinski definition) is 6. The zero-order valence-corrected chi connectivity index (χ0v) is 14.1. The largest absolute Gasteiger partial charge is 0.452 e. The van der Waals surface area contributed by atoms with E-state index in [1.165, 1.54) is 36.7 Å². The van der Waals surface area contributed by atoms with Gasteiger partial charge in [0.1, 0.15) is 0 Å². The van der Waals surface area contributed by atoms with Crippen molar-refractivity contribution in [3.05, 3.63) is 62.4 Å². The van der Waals surface area contributed by atoms with Crippen molar-refractivity contribution in [1.82, 2.24) is 4.98 Å². The number of hydrogen-bond donors (Lipinski definition) is 1. The van der Waals surface area contributed by atoms with Gasteiger partial charge in [-0.3, -0.25) is 19.9 Å². The van der Waals surface area contributed by atoms with Crippen molar-refractivity contribution in [2.75, 3.05) is 11.9 Å². The molecule has 9 heteroatoms. The maximum atomic E-state index is 11.8. The molecule has 0 saturated carbocycles. The Kier molecular flexibility index (Phi) is 5.59. The van der Waals surface area contributed by atoms with Crippen LogP contribution in [0.3, 0.4) is 0 Å². The van der Waals surface area contributed by atoms with Gasteiger partial charge in [-0.1, -0.05) is 0 Å². The molecular weight excluding hydrogens is 382 g/mol. The first kappa shape index (κ1) is 17.5. The van der Waals surface area contributed by atoms with Gasteiger partial charge in [0, 0.05) is 34.7 Å². The van der Waals surface area contributed by atoms with Crippen LogP contribution < -0.4 is 5.32 Å². The van der Waals surface area contributed by atoms with Crippen LogP contribution >= 0.6 is 15.9 Å². The molecule has 1 heterocycles. The van der Waals surface area contributed by atoms with Gasteiger partial charge in [0.05, 0.1) is 10.5 Å². The van der Waals surface area contributed by atoms with Gasteiger partial charge in [-0.15, -0.1) is 0 Å². The van der Waals surface area contributed by atoms with Crippen LogP contribution in [0.15, 0.2) is 41.1 Å². The average molecular weight is 394 g/mol. The molecule has 2 rings (SSSR count). The number of rotatable bonds is 5. The summed E-state index contributed by atoms with van der Waals surface area (Å²) in [6, 6.07) is 5.57. The lowest BCUT2D eigenvalue weighted by Crippen LogP contribution is -2.21. The predicted molar refractivity (Wildman–Crippen MR) is 88.7 cm³/mol. The molecule has 1 N–H and O–H groups in total. The number of anilines is 1. The van der Waals surface area contributed by atoms with Gasteiger partial charge in [-0.05, 0) is 40.5 Å². The lowest BCUT2D eigenvalue weighted by Gasteiger charge is -2.09. The molecular formula is C15H12BrN3O5. The molecule has 0 aliphatic carbocycles. The summed E-state index contributed by atoms with van der Waals surface area (Å²) in [6.07, 6.45) is 2.84. The van der Waals surface area contributed by atoms with E-state index in [0.29, 0.717) is 15.7 Å². The van der Waals surface area contributed by atoms with Gasteiger partial charge in [0.15, 0.2) is 6.61 Å². The number of carbonyl (C=O) groups excluding carboxylic acids is 2. The summed E-state index contributed by atoms with van der Waals surface area (Å²) in [5.74, 6) is -1.23. The monoisotopic (exact) mass is 393 g/mol. The Morgan fingerprint density at radius 2 is 2.08 bits per heavy atom. The van der Waals surface area contributed by atoms with E-state index in [1.807, 2.05) is 0 Å². The number of benzene rings is 1. The number of nitrogens with zero attached hydrogens (tertiary/aromatic N) is 2. The molecule has 0 aliphatic heterocycles. The second-order valence-electron chi connectivity index (χ2n) is 4.77. The van der Waals surface area contributed by atoms with Crippen molar-refractivity contribution >= 4 is 39.2 Å². The number of aryl methyl sites for hydroxylation is 1. The lowest BCUT2D eigenvalue weighted by atomic mass is 10.2. The van der Waals surface area contributed by atoms with Crippen LogP contribution in [-0.4, -0.2) is 28.4 Å². The number of aromatic nitrogens is 1. The number of amides is 1. The van der Waals surface area contributed by atoms with E-state index in [2.05, 4.69) is 26.2 Å². The fourth-order valence-corrected chi connectivity index (χ4v) is 2.19. The average Bonchev–Trinajstić information content (AvgIpc) is 2.54. The molecule has 0 aliphatic rings. The molecule has 1 aromatic heterocycles. The summed E-state index contributed by atoms with van der Waals surface area (Å²) in [4.78, 5) is 37.6. The SMILES string of the molecule is Cc1cc([N+](=O)[O-])ccc1NC(=O)COC(=O)c1cncc(Br)c1. The molecule has 1 aromatic carbocycles. The maximum Gasteiger partial charge on any atom is 0.340 e. The van der Waals surface area contributed by atoms with Crippen molar-refractivity contribution < 1.29 is 19.2 Å². The first-order valence-corrected chi connectivity index (χ1v) is 7.48. The van der Waals surface area contributed by atoms with Gasteiger partial charge in [0.2, 0.25) is 0 Å². The first-order chi connectivity index (χ1) is 11.4. The summed E-state index contributed by atoms with van der Waals surface area (Å²) in [6.45, 7) is 1.14. The fraction of sp³-hybridized carbons (Fsp3) is 0.133. The maximum absolute atomic E-state index is 11.8. The second-order valence-corrected chi connectivity index (χ2v) is 5.69. The molecule has 0 atom stereocenters. The Morgan fingerprint density at radius 1 is 1.33 bits per heavy atom. The standard InChI is InChI=1S/C15H12BrN3O5/c1-9-4-12(19(22)23)2-3-13(9)18-14(20)8-24-15(21)10-5-11(16)7-17-6-10/h2-7H,8H2,1H3,(H,18,20). The Hall–Kier alpha value is -2.81. The van der Waals surface area contributed by atoms with E-state index in [0.717, 1.165) is 0 Å². The summed E-state index contributed by atoms with van der Waals surface area (Å²) < 4.78 is 5.51. The van der Waals surface area contributed by atoms with Gasteiger partial charge < -0.3 is 10.1 Å². The van der Waals surface area contributed by atoms with Crippen molar-refractivity contribution in [1.29, 1.82) is 0 Å². The molecule has 0 unspecified atom stereocenters. The van der Waals surface area contributed by atoms with Crippen molar-refractivity contribution in [3.8, 4) is 0 Å². The van der Waals surface area contributed by atoms with E-state index in [-0.39, 0.29) is 11.3 Å². The summed E-state index contributed by atoms with van der Waals surface area (Å²) >= 11 is 3.18. The molecule has 124 valence electrons. The van der Waals surface area contributed by atoms with Crippen molar-refractivity contribution in [3.63, 3.8) is 0 Å². The highest BCUT2D eigenvalue weighted by Gasteiger charge is 2.13. The van der Waals surface area contributed by atoms with E-state index >= 15 is 0 Å². The topological polar surface area (TPSA) is 111 Å². The van der Waals surface area contributed by atoms with Crippen LogP contribution in [0.2, 0.25) is 0 Å². The number of esters is 1. The second kappa shape index (κ2) is 7.64. The highest BCUT2D eigenvalue weighted by atomic mass is 79.9. The normalized spacial score (nSPS) is 10.1. The number of ether oxygens (including phenoxy) is 1. The molecule has 0 fully saturated rings. The minimum atomic E-state index is -0.681. The Bertz CT molecular complexity index is 809. The molecule has 0 saturated heterocycles. The minimum Gasteiger partial charge on any atom is -0.452 e. The predicted octanol–water partition coefficient (Wildman–Crippen LogP) is 2.86. The molecule has 2 aromatic rings. The van der Waals surface area contributed by atoms with Crippen molar-refractivity contribution in [2.45, 2.75) is 6.92 Å². The highest BCUT2D eigenvalue weighted by molar-refractivity contribution is 9.10. The molecule has 0 spiro atoms. The molecule has 0 bridgehead atoms. The van der Waals surface area contributed by atoms with Gasteiger partial charge >= 0.3 is 5.97 Å². The fourth-order valence-electron chi connectivity index (χ4n) is 1.83. The van der Waals surface area contributed by atoms with Gasteiger partial charge in [0.25, 0.3) is 11.6 Å². The first-order valence-electron chi connectivity index (χ1n) is 6.69. The summed E-state index contributed by atoms with van der Waals surface area (Å²) in [5.41, 5.74) is 1.08. The highest BCUT2D eigenvalue weighted by Crippen LogP contribution is 2.21. The van der Waals surface area contributed by atoms with Crippen LogP contribution in [0, 0.1) is 17.0 Å². The van der Waals surface area contributed by atoms with Gasteiger partial charge in [-0.25, -0.2) is 4.79 Å². The zero-order chi connectivity index (χ0) is 17.7. The van der Waals surface area contributed by atoms with Crippen molar-refractivity contribution in [2.24, 2.45) is 0 Å². The van der Waals surface area contributed by atoms with Gasteiger partial charge in [-0.2, -0.15) is 0 Å². The third kappa shape index (κ3) is 4.59. The molecule has 8 nitrogen and oxygen atoms in total. The van der Waals surface area contributed by atoms with E-state index in [1.54, 1.807) is 6.92 Å². The van der Waals surface area contributed by atoms with Crippen LogP contribution in [0.4, 0.5) is 11.4 Å². The Balaban J connectivity index is 1.94. The molecule has 1 amide bonds. The third-order valence-electron chi connectivity index (χ3n) is 2.97. The zero-order valence-electron chi connectivity index (χ0n) is 12.5. The quantitative estimate of drug-likeness (QED) is 0.474. The number of pyridine rings is 1. The smallest absolute Gasteiger partial charge is 0.340 e. The summed E-state index contributed by atoms with van der Waals surface area (Å²) in [7, 11) is 0. The Labute approximate surface area is 145 Å².